The van der Waals surface area contributed by atoms with Gasteiger partial charge in [-0.3, -0.25) is 15.6 Å². The largest absolute Gasteiger partial charge is 0.326 e. The molecule has 12 heteroatoms. The minimum absolute atomic E-state index is 0.246. The molecule has 2 aliphatic rings. The van der Waals surface area contributed by atoms with Crippen molar-refractivity contribution < 1.29 is 0 Å². The number of alkyl halides is 1. The van der Waals surface area contributed by atoms with E-state index < -0.39 is 11.9 Å². The summed E-state index contributed by atoms with van der Waals surface area (Å²) in [4.78, 5) is 17.4. The molecule has 2 aromatic carbocycles. The molecule has 4 rings (SSSR count). The molecule has 2 aliphatic heterocycles. The summed E-state index contributed by atoms with van der Waals surface area (Å²) in [6, 6.07) is 19.3. The first-order chi connectivity index (χ1) is 15.6. The Hall–Kier alpha value is -3.34. The molecule has 0 spiro atoms. The topological polar surface area (TPSA) is 122 Å². The highest BCUT2D eigenvalue weighted by atomic mass is 35.5. The van der Waals surface area contributed by atoms with E-state index in [1.165, 1.54) is 0 Å². The molecule has 0 amide bonds. The van der Waals surface area contributed by atoms with Crippen LogP contribution in [-0.2, 0) is 0 Å². The Balaban J connectivity index is 1.28. The number of guanidine groups is 3. The Morgan fingerprint density at radius 2 is 1.47 bits per heavy atom. The van der Waals surface area contributed by atoms with Crippen molar-refractivity contribution in [3.63, 3.8) is 0 Å². The van der Waals surface area contributed by atoms with Gasteiger partial charge in [0.2, 0.25) is 35.1 Å². The Kier molecular flexibility index (Phi) is 7.38. The number of hydrogen-bond donors (Lipinski definition) is 6. The minimum atomic E-state index is -0.627. The summed E-state index contributed by atoms with van der Waals surface area (Å²) in [6.45, 7) is 0.963. The van der Waals surface area contributed by atoms with Crippen LogP contribution in [0.1, 0.15) is 0 Å². The Morgan fingerprint density at radius 1 is 0.844 bits per heavy atom. The van der Waals surface area contributed by atoms with Crippen LogP contribution in [0.2, 0.25) is 0 Å². The first kappa shape index (κ1) is 21.9. The minimum Gasteiger partial charge on any atom is -0.326 e. The van der Waals surface area contributed by atoms with E-state index >= 15 is 0 Å². The highest BCUT2D eigenvalue weighted by Crippen LogP contribution is 2.08. The fourth-order valence-corrected chi connectivity index (χ4v) is 3.22. The lowest BCUT2D eigenvalue weighted by atomic mass is 10.3. The van der Waals surface area contributed by atoms with Crippen LogP contribution in [0.5, 0.6) is 0 Å². The van der Waals surface area contributed by atoms with E-state index in [-0.39, 0.29) is 5.29 Å². The van der Waals surface area contributed by atoms with E-state index in [9.17, 15) is 0 Å². The number of amidine groups is 1. The van der Waals surface area contributed by atoms with Crippen LogP contribution in [0.3, 0.4) is 0 Å². The summed E-state index contributed by atoms with van der Waals surface area (Å²) >= 11 is 12.3. The maximum Gasteiger partial charge on any atom is 0.205 e. The maximum atomic E-state index is 6.17. The zero-order valence-corrected chi connectivity index (χ0v) is 18.4. The number of anilines is 2. The van der Waals surface area contributed by atoms with Gasteiger partial charge in [-0.25, -0.2) is 15.0 Å². The van der Waals surface area contributed by atoms with E-state index in [1.54, 1.807) is 0 Å². The van der Waals surface area contributed by atoms with Crippen molar-refractivity contribution in [1.29, 1.82) is 0 Å². The fourth-order valence-electron chi connectivity index (χ4n) is 2.84. The number of para-hydroxylation sites is 2. The summed E-state index contributed by atoms with van der Waals surface area (Å²) in [7, 11) is 0. The molecule has 0 saturated carbocycles. The second-order valence-corrected chi connectivity index (χ2v) is 7.42. The van der Waals surface area contributed by atoms with Gasteiger partial charge in [0.25, 0.3) is 0 Å². The van der Waals surface area contributed by atoms with Crippen LogP contribution in [0, 0.1) is 0 Å². The van der Waals surface area contributed by atoms with Gasteiger partial charge in [0.05, 0.1) is 6.54 Å². The number of rotatable bonds is 6. The van der Waals surface area contributed by atoms with Crippen molar-refractivity contribution in [3.05, 3.63) is 60.7 Å². The number of nitrogens with zero attached hydrogens (tertiary/aromatic N) is 4. The standard InChI is InChI=1S/C20H22Cl2N10/c21-15-27-17(31-19(29-15)25-13-7-3-1-4-8-13)23-11-12-24-18-28-16(22)30-20(32-18)26-14-9-5-2-6-10-14/h1-10,15,18,24H,11-12H2,(H2,26,28,30,32)(H3,23,25,27,29,31). The third-order valence-electron chi connectivity index (χ3n) is 4.23. The predicted molar refractivity (Wildman–Crippen MR) is 131 cm³/mol. The SMILES string of the molecule is ClC1=NC(NCCN=C2NC(Nc3ccccc3)=NC(Cl)N2)N=C(Nc2ccccc2)N1. The monoisotopic (exact) mass is 472 g/mol. The Morgan fingerprint density at radius 3 is 2.12 bits per heavy atom. The first-order valence-electron chi connectivity index (χ1n) is 9.89. The molecular formula is C20H22Cl2N10. The molecule has 2 heterocycles. The van der Waals surface area contributed by atoms with Gasteiger partial charge in [-0.05, 0) is 35.9 Å². The van der Waals surface area contributed by atoms with E-state index in [2.05, 4.69) is 51.9 Å². The number of benzene rings is 2. The summed E-state index contributed by atoms with van der Waals surface area (Å²) < 4.78 is 0. The smallest absolute Gasteiger partial charge is 0.205 e. The number of nitrogens with one attached hydrogen (secondary N) is 6. The molecule has 2 atom stereocenters. The molecule has 2 aromatic rings. The van der Waals surface area contributed by atoms with Crippen molar-refractivity contribution >= 4 is 57.8 Å². The van der Waals surface area contributed by atoms with Crippen molar-refractivity contribution in [3.8, 4) is 0 Å². The second-order valence-electron chi connectivity index (χ2n) is 6.65. The predicted octanol–water partition coefficient (Wildman–Crippen LogP) is 2.06. The normalized spacial score (nSPS) is 21.3. The third-order valence-corrected chi connectivity index (χ3v) is 4.62. The van der Waals surface area contributed by atoms with E-state index in [1.807, 2.05) is 60.7 Å². The van der Waals surface area contributed by atoms with Gasteiger partial charge in [0.15, 0.2) is 0 Å². The lowest BCUT2D eigenvalue weighted by molar-refractivity contribution is 0.551. The molecule has 2 unspecified atom stereocenters. The van der Waals surface area contributed by atoms with Crippen molar-refractivity contribution in [2.75, 3.05) is 23.7 Å². The highest BCUT2D eigenvalue weighted by molar-refractivity contribution is 6.66. The molecule has 0 saturated heterocycles. The molecule has 0 bridgehead atoms. The van der Waals surface area contributed by atoms with Crippen LogP contribution in [0.25, 0.3) is 0 Å². The summed E-state index contributed by atoms with van der Waals surface area (Å²) in [6.07, 6.45) is -0.528. The lowest BCUT2D eigenvalue weighted by Gasteiger charge is -2.23. The highest BCUT2D eigenvalue weighted by Gasteiger charge is 2.17. The lowest BCUT2D eigenvalue weighted by Crippen LogP contribution is -2.51. The quantitative estimate of drug-likeness (QED) is 0.217. The Bertz CT molecular complexity index is 1020. The van der Waals surface area contributed by atoms with Gasteiger partial charge in [0, 0.05) is 17.9 Å². The van der Waals surface area contributed by atoms with Gasteiger partial charge in [-0.2, -0.15) is 0 Å². The molecule has 0 aliphatic carbocycles. The fraction of sp³-hybridized carbons (Fsp3) is 0.200. The number of hydrogen-bond acceptors (Lipinski definition) is 8. The van der Waals surface area contributed by atoms with E-state index in [0.29, 0.717) is 31.0 Å². The molecule has 0 radical (unpaired) electrons. The number of halogens is 2. The van der Waals surface area contributed by atoms with Gasteiger partial charge in [-0.15, -0.1) is 0 Å². The summed E-state index contributed by atoms with van der Waals surface area (Å²) in [5.74, 6) is 1.54. The molecule has 10 nitrogen and oxygen atoms in total. The maximum absolute atomic E-state index is 6.17. The molecule has 6 N–H and O–H groups in total. The van der Waals surface area contributed by atoms with Crippen molar-refractivity contribution in [2.45, 2.75) is 11.9 Å². The molecule has 32 heavy (non-hydrogen) atoms. The Labute approximate surface area is 195 Å². The van der Waals surface area contributed by atoms with Crippen LogP contribution < -0.4 is 31.9 Å². The van der Waals surface area contributed by atoms with Crippen molar-refractivity contribution in [1.82, 2.24) is 21.3 Å². The van der Waals surface area contributed by atoms with Crippen LogP contribution in [0.4, 0.5) is 11.4 Å². The molecular weight excluding hydrogens is 451 g/mol. The van der Waals surface area contributed by atoms with Crippen LogP contribution in [0.15, 0.2) is 80.6 Å². The first-order valence-corrected chi connectivity index (χ1v) is 10.7. The average Bonchev–Trinajstić information content (AvgIpc) is 2.77. The van der Waals surface area contributed by atoms with Gasteiger partial charge in [0.1, 0.15) is 0 Å². The summed E-state index contributed by atoms with van der Waals surface area (Å²) in [5, 5.41) is 18.7. The van der Waals surface area contributed by atoms with E-state index in [4.69, 9.17) is 23.2 Å². The average molecular weight is 473 g/mol. The zero-order valence-electron chi connectivity index (χ0n) is 16.9. The third kappa shape index (κ3) is 6.58. The van der Waals surface area contributed by atoms with Crippen LogP contribution in [-0.4, -0.2) is 48.2 Å². The molecule has 0 aromatic heterocycles. The molecule has 0 fully saturated rings. The number of aliphatic imine (C=N–C) groups is 4. The second kappa shape index (κ2) is 10.8. The van der Waals surface area contributed by atoms with Gasteiger partial charge >= 0.3 is 0 Å². The van der Waals surface area contributed by atoms with Crippen molar-refractivity contribution in [2.24, 2.45) is 20.0 Å². The molecule has 166 valence electrons. The van der Waals surface area contributed by atoms with Gasteiger partial charge in [-0.1, -0.05) is 48.0 Å². The summed E-state index contributed by atoms with van der Waals surface area (Å²) in [5.41, 5.74) is 1.16. The zero-order chi connectivity index (χ0) is 22.2. The van der Waals surface area contributed by atoms with Crippen LogP contribution >= 0.6 is 23.2 Å². The van der Waals surface area contributed by atoms with Gasteiger partial charge < -0.3 is 21.3 Å². The van der Waals surface area contributed by atoms with E-state index in [0.717, 1.165) is 11.4 Å².